The molecule has 1 N–H and O–H groups in total. The summed E-state index contributed by atoms with van der Waals surface area (Å²) in [6.07, 6.45) is 1.17. The van der Waals surface area contributed by atoms with Gasteiger partial charge in [0.1, 0.15) is 0 Å². The second-order valence-electron chi connectivity index (χ2n) is 3.45. The maximum Gasteiger partial charge on any atom is 0.0653 e. The lowest BCUT2D eigenvalue weighted by atomic mass is 10.2. The van der Waals surface area contributed by atoms with Gasteiger partial charge in [-0.2, -0.15) is 11.8 Å². The molecule has 1 heterocycles. The molecule has 5 heteroatoms. The highest BCUT2D eigenvalue weighted by Crippen LogP contribution is 2.33. The van der Waals surface area contributed by atoms with Gasteiger partial charge in [-0.15, -0.1) is 0 Å². The molecule has 1 fully saturated rings. The van der Waals surface area contributed by atoms with Gasteiger partial charge in [0.25, 0.3) is 0 Å². The molecule has 0 aromatic heterocycles. The minimum Gasteiger partial charge on any atom is -0.380 e. The average molecular weight is 283 g/mol. The van der Waals surface area contributed by atoms with Gasteiger partial charge in [0.2, 0.25) is 0 Å². The Balaban J connectivity index is 2.16. The minimum absolute atomic E-state index is 0.491. The van der Waals surface area contributed by atoms with Gasteiger partial charge in [-0.05, 0) is 24.3 Å². The molecule has 0 saturated carbocycles. The van der Waals surface area contributed by atoms with Crippen LogP contribution in [0.3, 0.4) is 0 Å². The smallest absolute Gasteiger partial charge is 0.0653 e. The summed E-state index contributed by atoms with van der Waals surface area (Å²) in [5.41, 5.74) is 0.874. The predicted octanol–water partition coefficient (Wildman–Crippen LogP) is 4.56. The van der Waals surface area contributed by atoms with E-state index in [2.05, 4.69) is 5.32 Å². The Labute approximate surface area is 108 Å². The molecule has 1 atom stereocenters. The Kier molecular flexibility index (Phi) is 3.94. The molecule has 0 amide bonds. The average Bonchev–Trinajstić information content (AvgIpc) is 2.67. The van der Waals surface area contributed by atoms with E-state index >= 15 is 0 Å². The first-order valence-corrected chi connectivity index (χ1v) is 6.94. The van der Waals surface area contributed by atoms with Crippen LogP contribution in [0, 0.1) is 0 Å². The third-order valence-electron chi connectivity index (χ3n) is 2.30. The van der Waals surface area contributed by atoms with Gasteiger partial charge < -0.3 is 5.32 Å². The Morgan fingerprint density at radius 3 is 2.53 bits per heavy atom. The number of halogens is 3. The molecule has 2 rings (SSSR count). The van der Waals surface area contributed by atoms with Crippen LogP contribution in [0.4, 0.5) is 5.69 Å². The van der Waals surface area contributed by atoms with Gasteiger partial charge in [-0.1, -0.05) is 34.8 Å². The van der Waals surface area contributed by atoms with E-state index in [9.17, 15) is 0 Å². The molecule has 0 bridgehead atoms. The molecular weight excluding hydrogens is 273 g/mol. The van der Waals surface area contributed by atoms with Crippen LogP contribution >= 0.6 is 46.6 Å². The van der Waals surface area contributed by atoms with Crippen molar-refractivity contribution < 1.29 is 0 Å². The van der Waals surface area contributed by atoms with Gasteiger partial charge in [0, 0.05) is 11.8 Å². The maximum atomic E-state index is 6.07. The molecule has 1 unspecified atom stereocenters. The Hall–Kier alpha value is 0.240. The predicted molar refractivity (Wildman–Crippen MR) is 70.8 cm³/mol. The third-order valence-corrected chi connectivity index (χ3v) is 4.50. The van der Waals surface area contributed by atoms with Gasteiger partial charge in [-0.25, -0.2) is 0 Å². The molecule has 1 aliphatic heterocycles. The van der Waals surface area contributed by atoms with Gasteiger partial charge in [0.05, 0.1) is 20.8 Å². The molecule has 1 aromatic carbocycles. The van der Waals surface area contributed by atoms with Crippen molar-refractivity contribution in [3.8, 4) is 0 Å². The number of hydrogen-bond donors (Lipinski definition) is 1. The first kappa shape index (κ1) is 11.7. The lowest BCUT2D eigenvalue weighted by Crippen LogP contribution is -2.18. The quantitative estimate of drug-likeness (QED) is 0.798. The summed E-state index contributed by atoms with van der Waals surface area (Å²) < 4.78 is 0. The number of rotatable bonds is 2. The number of hydrogen-bond acceptors (Lipinski definition) is 2. The van der Waals surface area contributed by atoms with Crippen LogP contribution in [0.2, 0.25) is 15.1 Å². The summed E-state index contributed by atoms with van der Waals surface area (Å²) in [6, 6.07) is 3.95. The molecular formula is C10H10Cl3NS. The zero-order chi connectivity index (χ0) is 10.8. The highest BCUT2D eigenvalue weighted by molar-refractivity contribution is 7.99. The van der Waals surface area contributed by atoms with Crippen LogP contribution in [0.1, 0.15) is 6.42 Å². The van der Waals surface area contributed by atoms with Gasteiger partial charge in [0.15, 0.2) is 0 Å². The molecule has 1 nitrogen and oxygen atoms in total. The largest absolute Gasteiger partial charge is 0.380 e. The van der Waals surface area contributed by atoms with Crippen LogP contribution < -0.4 is 5.32 Å². The summed E-state index contributed by atoms with van der Waals surface area (Å²) in [5.74, 6) is 2.33. The van der Waals surface area contributed by atoms with Crippen molar-refractivity contribution in [2.75, 3.05) is 16.8 Å². The van der Waals surface area contributed by atoms with Crippen LogP contribution in [0.15, 0.2) is 12.1 Å². The molecule has 0 spiro atoms. The van der Waals surface area contributed by atoms with E-state index in [1.165, 1.54) is 12.2 Å². The molecule has 15 heavy (non-hydrogen) atoms. The van der Waals surface area contributed by atoms with Crippen LogP contribution in [0.5, 0.6) is 0 Å². The Bertz CT molecular complexity index is 364. The molecule has 82 valence electrons. The minimum atomic E-state index is 0.491. The number of benzene rings is 1. The summed E-state index contributed by atoms with van der Waals surface area (Å²) >= 11 is 19.8. The molecule has 1 aliphatic rings. The third kappa shape index (κ3) is 2.88. The lowest BCUT2D eigenvalue weighted by molar-refractivity contribution is 0.813. The standard InChI is InChI=1S/C10H10Cl3NS/c11-7-3-9(13)10(4-8(7)12)14-6-1-2-15-5-6/h3-4,6,14H,1-2,5H2. The first-order chi connectivity index (χ1) is 7.16. The van der Waals surface area contributed by atoms with Crippen molar-refractivity contribution in [2.24, 2.45) is 0 Å². The molecule has 1 saturated heterocycles. The van der Waals surface area contributed by atoms with E-state index in [0.717, 1.165) is 11.4 Å². The number of anilines is 1. The van der Waals surface area contributed by atoms with Gasteiger partial charge in [-0.3, -0.25) is 0 Å². The number of nitrogens with one attached hydrogen (secondary N) is 1. The first-order valence-electron chi connectivity index (χ1n) is 4.65. The normalized spacial score (nSPS) is 20.6. The topological polar surface area (TPSA) is 12.0 Å². The second kappa shape index (κ2) is 5.05. The van der Waals surface area contributed by atoms with E-state index in [0.29, 0.717) is 21.1 Å². The van der Waals surface area contributed by atoms with Crippen molar-refractivity contribution in [2.45, 2.75) is 12.5 Å². The Morgan fingerprint density at radius 2 is 1.87 bits per heavy atom. The summed E-state index contributed by atoms with van der Waals surface area (Å²) in [5, 5.41) is 5.04. The van der Waals surface area contributed by atoms with Crippen LogP contribution in [0.25, 0.3) is 0 Å². The zero-order valence-corrected chi connectivity index (χ0v) is 11.0. The summed E-state index contributed by atoms with van der Waals surface area (Å²) in [6.45, 7) is 0. The molecule has 0 radical (unpaired) electrons. The molecule has 1 aromatic rings. The fraction of sp³-hybridized carbons (Fsp3) is 0.400. The van der Waals surface area contributed by atoms with E-state index in [4.69, 9.17) is 34.8 Å². The van der Waals surface area contributed by atoms with E-state index in [1.54, 1.807) is 12.1 Å². The molecule has 0 aliphatic carbocycles. The summed E-state index contributed by atoms with van der Waals surface area (Å²) in [4.78, 5) is 0. The fourth-order valence-electron chi connectivity index (χ4n) is 1.50. The fourth-order valence-corrected chi connectivity index (χ4v) is 3.26. The van der Waals surface area contributed by atoms with Gasteiger partial charge >= 0.3 is 0 Å². The van der Waals surface area contributed by atoms with Crippen LogP contribution in [-0.4, -0.2) is 17.5 Å². The Morgan fingerprint density at radius 1 is 1.13 bits per heavy atom. The maximum absolute atomic E-state index is 6.07. The highest BCUT2D eigenvalue weighted by atomic mass is 35.5. The van der Waals surface area contributed by atoms with Crippen LogP contribution in [-0.2, 0) is 0 Å². The monoisotopic (exact) mass is 281 g/mol. The van der Waals surface area contributed by atoms with Crippen molar-refractivity contribution >= 4 is 52.3 Å². The van der Waals surface area contributed by atoms with E-state index in [1.807, 2.05) is 11.8 Å². The SMILES string of the molecule is Clc1cc(Cl)c(NC2CCSC2)cc1Cl. The van der Waals surface area contributed by atoms with Crippen molar-refractivity contribution in [3.63, 3.8) is 0 Å². The lowest BCUT2D eigenvalue weighted by Gasteiger charge is -2.14. The van der Waals surface area contributed by atoms with Crippen molar-refractivity contribution in [1.29, 1.82) is 0 Å². The second-order valence-corrected chi connectivity index (χ2v) is 5.82. The van der Waals surface area contributed by atoms with Crippen molar-refractivity contribution in [3.05, 3.63) is 27.2 Å². The highest BCUT2D eigenvalue weighted by Gasteiger charge is 2.16. The van der Waals surface area contributed by atoms with E-state index in [-0.39, 0.29) is 0 Å². The zero-order valence-electron chi connectivity index (χ0n) is 7.90. The number of thioether (sulfide) groups is 1. The van der Waals surface area contributed by atoms with Crippen molar-refractivity contribution in [1.82, 2.24) is 0 Å². The summed E-state index contributed by atoms with van der Waals surface area (Å²) in [7, 11) is 0. The van der Waals surface area contributed by atoms with E-state index < -0.39 is 0 Å².